The molecule has 0 aromatic heterocycles. The van der Waals surface area contributed by atoms with Gasteiger partial charge in [0.05, 0.1) is 6.04 Å². The molecule has 1 aliphatic rings. The fraction of sp³-hybridized carbons (Fsp3) is 0.381. The Kier molecular flexibility index (Phi) is 4.25. The van der Waals surface area contributed by atoms with Crippen LogP contribution in [0.3, 0.4) is 0 Å². The molecule has 23 heavy (non-hydrogen) atoms. The van der Waals surface area contributed by atoms with Crippen molar-refractivity contribution in [2.45, 2.75) is 45.1 Å². The molecule has 0 radical (unpaired) electrons. The summed E-state index contributed by atoms with van der Waals surface area (Å²) in [6.45, 7) is 7.27. The molecule has 1 amide bonds. The van der Waals surface area contributed by atoms with Gasteiger partial charge in [-0.15, -0.1) is 0 Å². The van der Waals surface area contributed by atoms with E-state index in [4.69, 9.17) is 0 Å². The van der Waals surface area contributed by atoms with Gasteiger partial charge in [-0.3, -0.25) is 4.79 Å². The van der Waals surface area contributed by atoms with Gasteiger partial charge in [0.1, 0.15) is 0 Å². The summed E-state index contributed by atoms with van der Waals surface area (Å²) in [6.07, 6.45) is 1.60. The first kappa shape index (κ1) is 15.8. The smallest absolute Gasteiger partial charge is 0.223 e. The average molecular weight is 307 g/mol. The Morgan fingerprint density at radius 1 is 1.04 bits per heavy atom. The van der Waals surface area contributed by atoms with Crippen LogP contribution in [0.1, 0.15) is 49.4 Å². The lowest BCUT2D eigenvalue weighted by molar-refractivity contribution is -0.138. The van der Waals surface area contributed by atoms with Crippen LogP contribution in [0.4, 0.5) is 0 Å². The topological polar surface area (TPSA) is 20.3 Å². The van der Waals surface area contributed by atoms with Crippen molar-refractivity contribution >= 4 is 5.91 Å². The van der Waals surface area contributed by atoms with E-state index in [1.807, 2.05) is 23.1 Å². The maximum atomic E-state index is 12.8. The number of nitrogens with zero attached hydrogens (tertiary/aromatic N) is 1. The lowest BCUT2D eigenvalue weighted by atomic mass is 9.74. The van der Waals surface area contributed by atoms with Gasteiger partial charge in [0.2, 0.25) is 5.91 Å². The average Bonchev–Trinajstić information content (AvgIpc) is 2.56. The summed E-state index contributed by atoms with van der Waals surface area (Å²) in [7, 11) is 0. The summed E-state index contributed by atoms with van der Waals surface area (Å²) in [6, 6.07) is 19.1. The zero-order valence-corrected chi connectivity index (χ0v) is 14.3. The van der Waals surface area contributed by atoms with Crippen molar-refractivity contribution in [2.75, 3.05) is 6.54 Å². The molecular formula is C21H25NO. The zero-order valence-electron chi connectivity index (χ0n) is 14.3. The molecule has 0 spiro atoms. The molecule has 1 saturated heterocycles. The highest BCUT2D eigenvalue weighted by atomic mass is 16.2. The summed E-state index contributed by atoms with van der Waals surface area (Å²) in [5.41, 5.74) is 3.71. The number of carbonyl (C=O) groups excluding carboxylic acids is 1. The van der Waals surface area contributed by atoms with Crippen LogP contribution in [0.25, 0.3) is 0 Å². The third-order valence-electron chi connectivity index (χ3n) is 5.26. The minimum atomic E-state index is -0.0440. The van der Waals surface area contributed by atoms with E-state index in [9.17, 15) is 4.79 Å². The van der Waals surface area contributed by atoms with Crippen LogP contribution >= 0.6 is 0 Å². The molecule has 2 heteroatoms. The molecule has 1 unspecified atom stereocenters. The van der Waals surface area contributed by atoms with Gasteiger partial charge >= 0.3 is 0 Å². The predicted molar refractivity (Wildman–Crippen MR) is 94.3 cm³/mol. The molecule has 0 bridgehead atoms. The van der Waals surface area contributed by atoms with Crippen molar-refractivity contribution in [1.29, 1.82) is 0 Å². The van der Waals surface area contributed by atoms with Crippen LogP contribution in [0, 0.1) is 6.92 Å². The Labute approximate surface area is 139 Å². The van der Waals surface area contributed by atoms with Gasteiger partial charge in [-0.2, -0.15) is 0 Å². The number of piperidine rings is 1. The summed E-state index contributed by atoms with van der Waals surface area (Å²) in [5, 5.41) is 0. The fourth-order valence-corrected chi connectivity index (χ4v) is 3.54. The summed E-state index contributed by atoms with van der Waals surface area (Å²) in [4.78, 5) is 14.8. The van der Waals surface area contributed by atoms with Crippen molar-refractivity contribution in [2.24, 2.45) is 0 Å². The lowest BCUT2D eigenvalue weighted by Gasteiger charge is -2.42. The van der Waals surface area contributed by atoms with Gasteiger partial charge in [-0.25, -0.2) is 0 Å². The Hall–Kier alpha value is -2.09. The first-order chi connectivity index (χ1) is 11.0. The maximum Gasteiger partial charge on any atom is 0.223 e. The summed E-state index contributed by atoms with van der Waals surface area (Å²) < 4.78 is 0. The number of amides is 1. The third-order valence-corrected chi connectivity index (χ3v) is 5.26. The lowest BCUT2D eigenvalue weighted by Crippen LogP contribution is -2.45. The van der Waals surface area contributed by atoms with E-state index in [0.717, 1.165) is 13.0 Å². The van der Waals surface area contributed by atoms with E-state index in [1.54, 1.807) is 0 Å². The molecule has 2 atom stereocenters. The van der Waals surface area contributed by atoms with Crippen molar-refractivity contribution in [3.8, 4) is 0 Å². The fourth-order valence-electron chi connectivity index (χ4n) is 3.54. The van der Waals surface area contributed by atoms with Crippen LogP contribution in [-0.2, 0) is 10.2 Å². The van der Waals surface area contributed by atoms with Crippen LogP contribution in [0.5, 0.6) is 0 Å². The normalized spacial score (nSPS) is 22.9. The number of benzene rings is 2. The Morgan fingerprint density at radius 2 is 1.70 bits per heavy atom. The van der Waals surface area contributed by atoms with Crippen molar-refractivity contribution in [3.05, 3.63) is 71.3 Å². The predicted octanol–water partition coefficient (Wildman–Crippen LogP) is 4.64. The number of hydrogen-bond donors (Lipinski definition) is 0. The van der Waals surface area contributed by atoms with Gasteiger partial charge in [0, 0.05) is 18.4 Å². The first-order valence-electron chi connectivity index (χ1n) is 8.41. The molecule has 120 valence electrons. The van der Waals surface area contributed by atoms with Gasteiger partial charge in [0.15, 0.2) is 0 Å². The number of carbonyl (C=O) groups is 1. The van der Waals surface area contributed by atoms with Crippen LogP contribution in [-0.4, -0.2) is 17.4 Å². The third kappa shape index (κ3) is 3.17. The SMILES string of the molecule is Cc1ccc(C2(C)CCN([C@@H](C)c3ccccc3)C(=O)C2)cc1. The van der Waals surface area contributed by atoms with Crippen molar-refractivity contribution in [3.63, 3.8) is 0 Å². The number of aryl methyl sites for hydroxylation is 1. The van der Waals surface area contributed by atoms with E-state index in [0.29, 0.717) is 6.42 Å². The van der Waals surface area contributed by atoms with Gasteiger partial charge in [0.25, 0.3) is 0 Å². The summed E-state index contributed by atoms with van der Waals surface area (Å²) >= 11 is 0. The van der Waals surface area contributed by atoms with E-state index >= 15 is 0 Å². The Bertz CT molecular complexity index is 677. The second-order valence-corrected chi connectivity index (χ2v) is 7.03. The molecule has 2 aromatic rings. The molecule has 0 saturated carbocycles. The number of hydrogen-bond acceptors (Lipinski definition) is 1. The molecule has 1 aliphatic heterocycles. The minimum absolute atomic E-state index is 0.0440. The van der Waals surface area contributed by atoms with E-state index in [1.165, 1.54) is 16.7 Å². The summed E-state index contributed by atoms with van der Waals surface area (Å²) in [5.74, 6) is 0.260. The maximum absolute atomic E-state index is 12.8. The highest BCUT2D eigenvalue weighted by Crippen LogP contribution is 2.38. The van der Waals surface area contributed by atoms with Crippen molar-refractivity contribution < 1.29 is 4.79 Å². The van der Waals surface area contributed by atoms with Gasteiger partial charge in [-0.05, 0) is 31.4 Å². The molecule has 2 aromatic carbocycles. The van der Waals surface area contributed by atoms with Crippen LogP contribution in [0.15, 0.2) is 54.6 Å². The molecule has 0 aliphatic carbocycles. The second kappa shape index (κ2) is 6.19. The quantitative estimate of drug-likeness (QED) is 0.809. The Morgan fingerprint density at radius 3 is 2.30 bits per heavy atom. The van der Waals surface area contributed by atoms with Gasteiger partial charge in [-0.1, -0.05) is 67.1 Å². The van der Waals surface area contributed by atoms with Crippen molar-refractivity contribution in [1.82, 2.24) is 4.90 Å². The number of rotatable bonds is 3. The molecule has 1 fully saturated rings. The molecular weight excluding hydrogens is 282 g/mol. The first-order valence-corrected chi connectivity index (χ1v) is 8.41. The second-order valence-electron chi connectivity index (χ2n) is 7.03. The Balaban J connectivity index is 1.77. The molecule has 0 N–H and O–H groups in total. The van der Waals surface area contributed by atoms with E-state index in [-0.39, 0.29) is 17.4 Å². The highest BCUT2D eigenvalue weighted by molar-refractivity contribution is 5.79. The molecule has 2 nitrogen and oxygen atoms in total. The van der Waals surface area contributed by atoms with Crippen LogP contribution < -0.4 is 0 Å². The molecule has 3 rings (SSSR count). The van der Waals surface area contributed by atoms with Crippen LogP contribution in [0.2, 0.25) is 0 Å². The van der Waals surface area contributed by atoms with Gasteiger partial charge < -0.3 is 4.90 Å². The highest BCUT2D eigenvalue weighted by Gasteiger charge is 2.38. The standard InChI is InChI=1S/C21H25NO/c1-16-9-11-19(12-10-16)21(3)13-14-22(20(23)15-21)17(2)18-7-5-4-6-8-18/h4-12,17H,13-15H2,1-3H3/t17-,21?/m0/s1. The number of likely N-dealkylation sites (tertiary alicyclic amines) is 1. The largest absolute Gasteiger partial charge is 0.336 e. The van der Waals surface area contributed by atoms with E-state index < -0.39 is 0 Å². The minimum Gasteiger partial charge on any atom is -0.336 e. The zero-order chi connectivity index (χ0) is 16.4. The monoisotopic (exact) mass is 307 g/mol. The molecule has 1 heterocycles. The van der Waals surface area contributed by atoms with E-state index in [2.05, 4.69) is 57.2 Å².